The van der Waals surface area contributed by atoms with E-state index in [1.54, 1.807) is 4.90 Å². The monoisotopic (exact) mass is 608 g/mol. The Labute approximate surface area is 263 Å². The fourth-order valence-corrected chi connectivity index (χ4v) is 6.79. The van der Waals surface area contributed by atoms with Crippen LogP contribution in [0.2, 0.25) is 0 Å². The normalized spacial score (nSPS) is 22.4. The molecule has 1 amide bonds. The van der Waals surface area contributed by atoms with Crippen LogP contribution in [0, 0.1) is 5.92 Å². The highest BCUT2D eigenvalue weighted by Crippen LogP contribution is 2.56. The number of piperidine rings is 1. The Bertz CT molecular complexity index is 1720. The van der Waals surface area contributed by atoms with Crippen molar-refractivity contribution in [2.24, 2.45) is 5.92 Å². The number of imidazole rings is 2. The molecule has 10 nitrogen and oxygen atoms in total. The largest absolute Gasteiger partial charge is 0.461 e. The summed E-state index contributed by atoms with van der Waals surface area (Å²) in [6, 6.07) is 16.3. The van der Waals surface area contributed by atoms with E-state index in [0.29, 0.717) is 30.5 Å². The Morgan fingerprint density at radius 1 is 0.978 bits per heavy atom. The molecule has 2 saturated heterocycles. The molecule has 3 N–H and O–H groups in total. The number of hydrogen-bond donors (Lipinski definition) is 3. The number of hydrogen-bond acceptors (Lipinski definition) is 7. The van der Waals surface area contributed by atoms with Gasteiger partial charge in [-0.25, -0.2) is 19.6 Å². The van der Waals surface area contributed by atoms with E-state index < -0.39 is 5.60 Å². The molecule has 1 saturated carbocycles. The lowest BCUT2D eigenvalue weighted by Gasteiger charge is -2.27. The van der Waals surface area contributed by atoms with Crippen LogP contribution in [0.5, 0.6) is 0 Å². The first kappa shape index (κ1) is 29.3. The topological polar surface area (TPSA) is 125 Å². The van der Waals surface area contributed by atoms with Gasteiger partial charge in [-0.2, -0.15) is 0 Å². The van der Waals surface area contributed by atoms with Gasteiger partial charge in [0, 0.05) is 12.1 Å². The highest BCUT2D eigenvalue weighted by molar-refractivity contribution is 5.94. The molecule has 2 aromatic carbocycles. The van der Waals surface area contributed by atoms with Crippen molar-refractivity contribution < 1.29 is 19.1 Å². The molecule has 3 fully saturated rings. The van der Waals surface area contributed by atoms with Gasteiger partial charge in [-0.1, -0.05) is 48.5 Å². The third kappa shape index (κ3) is 5.52. The number of amides is 1. The number of esters is 1. The summed E-state index contributed by atoms with van der Waals surface area (Å²) in [6.45, 7) is 9.39. The summed E-state index contributed by atoms with van der Waals surface area (Å²) >= 11 is 0. The van der Waals surface area contributed by atoms with Crippen LogP contribution in [0.1, 0.15) is 81.6 Å². The number of aromatic amines is 2. The van der Waals surface area contributed by atoms with Gasteiger partial charge in [0.2, 0.25) is 0 Å². The van der Waals surface area contributed by atoms with Crippen LogP contribution in [-0.4, -0.2) is 62.2 Å². The smallest absolute Gasteiger partial charge is 0.410 e. The number of aromatic nitrogens is 4. The van der Waals surface area contributed by atoms with Crippen LogP contribution < -0.4 is 5.32 Å². The molecule has 2 aliphatic heterocycles. The molecule has 2 aromatic heterocycles. The molecule has 7 rings (SSSR count). The predicted octanol–water partition coefficient (Wildman–Crippen LogP) is 6.59. The number of carbonyl (C=O) groups is 2. The fourth-order valence-electron chi connectivity index (χ4n) is 6.79. The Morgan fingerprint density at radius 3 is 2.29 bits per heavy atom. The van der Waals surface area contributed by atoms with E-state index in [4.69, 9.17) is 14.5 Å². The molecule has 234 valence electrons. The van der Waals surface area contributed by atoms with Gasteiger partial charge in [-0.3, -0.25) is 4.90 Å². The van der Waals surface area contributed by atoms with Gasteiger partial charge in [0.25, 0.3) is 0 Å². The Kier molecular flexibility index (Phi) is 7.27. The highest BCUT2D eigenvalue weighted by atomic mass is 16.6. The Hall–Kier alpha value is -4.44. The van der Waals surface area contributed by atoms with E-state index in [9.17, 15) is 9.59 Å². The average Bonchev–Trinajstić information content (AvgIpc) is 3.63. The van der Waals surface area contributed by atoms with Crippen molar-refractivity contribution in [3.8, 4) is 33.6 Å². The van der Waals surface area contributed by atoms with E-state index in [0.717, 1.165) is 71.8 Å². The molecule has 4 aromatic rings. The number of carbonyl (C=O) groups excluding carboxylic acids is 2. The number of fused-ring (bicyclic) bond motifs is 1. The number of H-pyrrole nitrogens is 2. The molecule has 4 heterocycles. The average molecular weight is 609 g/mol. The van der Waals surface area contributed by atoms with E-state index in [2.05, 4.69) is 56.7 Å². The van der Waals surface area contributed by atoms with Crippen molar-refractivity contribution in [2.45, 2.75) is 70.6 Å². The summed E-state index contributed by atoms with van der Waals surface area (Å²) in [5, 5.41) is 3.59. The maximum absolute atomic E-state index is 12.9. The maximum Gasteiger partial charge on any atom is 0.410 e. The summed E-state index contributed by atoms with van der Waals surface area (Å²) in [5.41, 5.74) is 5.26. The zero-order chi connectivity index (χ0) is 31.3. The SMILES string of the molecule is CCOC(=O)c1[nH]c([C@@]23C[C@@H]2CCN3)nc1-c1ccc(-c2ccc(-c3cnc([C@@H]4CCCN4C(=O)OC(C)(C)C)[nH]3)cc2)cc1. The van der Waals surface area contributed by atoms with Gasteiger partial charge < -0.3 is 24.8 Å². The van der Waals surface area contributed by atoms with Crippen molar-refractivity contribution in [2.75, 3.05) is 19.7 Å². The van der Waals surface area contributed by atoms with Gasteiger partial charge in [0.15, 0.2) is 5.69 Å². The number of nitrogens with one attached hydrogen (secondary N) is 3. The van der Waals surface area contributed by atoms with Crippen LogP contribution in [0.15, 0.2) is 54.7 Å². The standard InChI is InChI=1S/C35H40N6O4/c1-5-44-31(42)29-28(39-32(40-29)35-19-25(35)16-17-37-35)24-14-10-22(11-15-24)21-8-12-23(13-9-21)26-20-36-30(38-26)27-7-6-18-41(27)33(43)45-34(2,3)4/h8-15,20,25,27,37H,5-7,16-19H2,1-4H3,(H,36,38)(H,39,40)/t25-,27-,35+/m0/s1. The molecular formula is C35H40N6O4. The Balaban J connectivity index is 1.08. The molecule has 0 unspecified atom stereocenters. The number of rotatable bonds is 7. The molecule has 1 aliphatic carbocycles. The summed E-state index contributed by atoms with van der Waals surface area (Å²) in [7, 11) is 0. The van der Waals surface area contributed by atoms with E-state index >= 15 is 0 Å². The molecule has 0 bridgehead atoms. The second-order valence-corrected chi connectivity index (χ2v) is 13.3. The van der Waals surface area contributed by atoms with Gasteiger partial charge >= 0.3 is 12.1 Å². The molecule has 3 aliphatic rings. The molecule has 10 heteroatoms. The quantitative estimate of drug-likeness (QED) is 0.202. The lowest BCUT2D eigenvalue weighted by Crippen LogP contribution is -2.36. The molecule has 0 spiro atoms. The minimum Gasteiger partial charge on any atom is -0.461 e. The lowest BCUT2D eigenvalue weighted by atomic mass is 10.0. The summed E-state index contributed by atoms with van der Waals surface area (Å²) in [5.74, 6) is 1.79. The fraction of sp³-hybridized carbons (Fsp3) is 0.429. The number of ether oxygens (including phenoxy) is 2. The van der Waals surface area contributed by atoms with E-state index in [-0.39, 0.29) is 23.6 Å². The van der Waals surface area contributed by atoms with Crippen LogP contribution in [0.4, 0.5) is 4.79 Å². The third-order valence-corrected chi connectivity index (χ3v) is 9.12. The molecular weight excluding hydrogens is 568 g/mol. The van der Waals surface area contributed by atoms with Gasteiger partial charge in [0.05, 0.1) is 30.1 Å². The zero-order valence-corrected chi connectivity index (χ0v) is 26.3. The second kappa shape index (κ2) is 11.2. The summed E-state index contributed by atoms with van der Waals surface area (Å²) < 4.78 is 11.0. The summed E-state index contributed by atoms with van der Waals surface area (Å²) in [6.07, 6.45) is 5.46. The van der Waals surface area contributed by atoms with Crippen molar-refractivity contribution >= 4 is 12.1 Å². The predicted molar refractivity (Wildman–Crippen MR) is 170 cm³/mol. The molecule has 3 atom stereocenters. The van der Waals surface area contributed by atoms with Crippen molar-refractivity contribution in [3.05, 3.63) is 72.1 Å². The minimum atomic E-state index is -0.540. The van der Waals surface area contributed by atoms with Crippen LogP contribution in [-0.2, 0) is 15.0 Å². The van der Waals surface area contributed by atoms with E-state index in [1.807, 2.05) is 46.0 Å². The van der Waals surface area contributed by atoms with Crippen LogP contribution in [0.25, 0.3) is 33.6 Å². The van der Waals surface area contributed by atoms with Gasteiger partial charge in [-0.05, 0) is 82.5 Å². The van der Waals surface area contributed by atoms with Crippen LogP contribution >= 0.6 is 0 Å². The zero-order valence-electron chi connectivity index (χ0n) is 26.3. The van der Waals surface area contributed by atoms with Crippen LogP contribution in [0.3, 0.4) is 0 Å². The highest BCUT2D eigenvalue weighted by Gasteiger charge is 2.60. The first-order valence-corrected chi connectivity index (χ1v) is 15.9. The minimum absolute atomic E-state index is 0.124. The molecule has 45 heavy (non-hydrogen) atoms. The number of nitrogens with zero attached hydrogens (tertiary/aromatic N) is 3. The van der Waals surface area contributed by atoms with Crippen molar-refractivity contribution in [1.82, 2.24) is 30.2 Å². The number of benzene rings is 2. The first-order valence-electron chi connectivity index (χ1n) is 15.9. The van der Waals surface area contributed by atoms with E-state index in [1.165, 1.54) is 0 Å². The maximum atomic E-state index is 12.9. The Morgan fingerprint density at radius 2 is 1.67 bits per heavy atom. The summed E-state index contributed by atoms with van der Waals surface area (Å²) in [4.78, 5) is 43.7. The van der Waals surface area contributed by atoms with Crippen molar-refractivity contribution in [1.29, 1.82) is 0 Å². The molecule has 0 radical (unpaired) electrons. The first-order chi connectivity index (χ1) is 21.6. The second-order valence-electron chi connectivity index (χ2n) is 13.3. The third-order valence-electron chi connectivity index (χ3n) is 9.12. The lowest BCUT2D eigenvalue weighted by molar-refractivity contribution is 0.0218. The van der Waals surface area contributed by atoms with Crippen molar-refractivity contribution in [3.63, 3.8) is 0 Å². The van der Waals surface area contributed by atoms with Gasteiger partial charge in [-0.15, -0.1) is 0 Å². The number of likely N-dealkylation sites (tertiary alicyclic amines) is 1. The van der Waals surface area contributed by atoms with Gasteiger partial charge in [0.1, 0.15) is 22.9 Å².